The number of carbonyl (C=O) groups is 2. The number of benzene rings is 1. The van der Waals surface area contributed by atoms with Gasteiger partial charge in [-0.15, -0.1) is 0 Å². The van der Waals surface area contributed by atoms with Gasteiger partial charge >= 0.3 is 12.4 Å². The molecule has 5 nitrogen and oxygen atoms in total. The lowest BCUT2D eigenvalue weighted by Gasteiger charge is -2.40. The average Bonchev–Trinajstić information content (AvgIpc) is 2.60. The number of anilines is 2. The van der Waals surface area contributed by atoms with E-state index in [0.29, 0.717) is 18.1 Å². The van der Waals surface area contributed by atoms with E-state index in [0.717, 1.165) is 6.07 Å². The standard InChI is InChI=1S/C16H14F6N2O3/c1-7-4-11-12(5-8(7)2)24(9(3)25)14(27,16(20,21)22)10(6-23-11)13(26)15(17,18)19/h4-6,23,27H,1-3H3. The molecular formula is C16H14F6N2O3. The topological polar surface area (TPSA) is 69.6 Å². The minimum atomic E-state index is -5.81. The predicted molar refractivity (Wildman–Crippen MR) is 82.8 cm³/mol. The number of fused-ring (bicyclic) bond motifs is 1. The molecule has 0 radical (unpaired) electrons. The summed E-state index contributed by atoms with van der Waals surface area (Å²) in [5.41, 5.74) is -6.32. The Morgan fingerprint density at radius 3 is 2.04 bits per heavy atom. The van der Waals surface area contributed by atoms with Gasteiger partial charge < -0.3 is 10.4 Å². The number of halogens is 6. The molecule has 0 fully saturated rings. The highest BCUT2D eigenvalue weighted by Crippen LogP contribution is 2.47. The second-order valence-electron chi connectivity index (χ2n) is 6.01. The molecule has 1 aromatic rings. The van der Waals surface area contributed by atoms with E-state index in [1.165, 1.54) is 13.0 Å². The van der Waals surface area contributed by atoms with Gasteiger partial charge in [-0.1, -0.05) is 0 Å². The van der Waals surface area contributed by atoms with Gasteiger partial charge in [0.05, 0.1) is 16.9 Å². The van der Waals surface area contributed by atoms with Crippen LogP contribution in [0.5, 0.6) is 0 Å². The summed E-state index contributed by atoms with van der Waals surface area (Å²) < 4.78 is 79.9. The second kappa shape index (κ2) is 6.25. The lowest BCUT2D eigenvalue weighted by molar-refractivity contribution is -0.245. The number of hydrogen-bond acceptors (Lipinski definition) is 4. The van der Waals surface area contributed by atoms with Crippen molar-refractivity contribution in [2.45, 2.75) is 38.8 Å². The highest BCUT2D eigenvalue weighted by Gasteiger charge is 2.66. The number of carbonyl (C=O) groups excluding carboxylic acids is 2. The average molecular weight is 396 g/mol. The summed E-state index contributed by atoms with van der Waals surface area (Å²) in [5, 5.41) is 12.5. The fourth-order valence-electron chi connectivity index (χ4n) is 2.70. The lowest BCUT2D eigenvalue weighted by Crippen LogP contribution is -2.64. The van der Waals surface area contributed by atoms with Gasteiger partial charge in [-0.2, -0.15) is 26.3 Å². The highest BCUT2D eigenvalue weighted by molar-refractivity contribution is 6.07. The van der Waals surface area contributed by atoms with E-state index in [1.54, 1.807) is 6.92 Å². The molecule has 2 rings (SSSR count). The van der Waals surface area contributed by atoms with Gasteiger partial charge in [0.25, 0.3) is 11.5 Å². The number of Topliss-reactive ketones (excluding diaryl/α,β-unsaturated/α-hetero) is 1. The third-order valence-corrected chi connectivity index (χ3v) is 4.14. The van der Waals surface area contributed by atoms with Crippen LogP contribution in [0.25, 0.3) is 0 Å². The van der Waals surface area contributed by atoms with Crippen molar-refractivity contribution in [1.29, 1.82) is 0 Å². The molecule has 0 aromatic heterocycles. The molecule has 1 atom stereocenters. The van der Waals surface area contributed by atoms with Crippen LogP contribution in [0.4, 0.5) is 37.7 Å². The smallest absolute Gasteiger partial charge is 0.359 e. The zero-order valence-electron chi connectivity index (χ0n) is 14.2. The van der Waals surface area contributed by atoms with E-state index in [-0.39, 0.29) is 16.8 Å². The molecule has 0 bridgehead atoms. The van der Waals surface area contributed by atoms with E-state index in [1.807, 2.05) is 0 Å². The number of amides is 1. The van der Waals surface area contributed by atoms with Gasteiger partial charge in [-0.05, 0) is 37.1 Å². The Balaban J connectivity index is 2.91. The minimum Gasteiger partial charge on any atom is -0.359 e. The van der Waals surface area contributed by atoms with Crippen molar-refractivity contribution < 1.29 is 41.0 Å². The number of ketones is 1. The summed E-state index contributed by atoms with van der Waals surface area (Å²) in [4.78, 5) is 23.4. The maximum Gasteiger partial charge on any atom is 0.454 e. The summed E-state index contributed by atoms with van der Waals surface area (Å²) in [5.74, 6) is -4.34. The SMILES string of the molecule is CC(=O)N1c2cc(C)c(C)cc2NC=C(C(=O)C(F)(F)F)C1(O)C(F)(F)F. The third-order valence-electron chi connectivity index (χ3n) is 4.14. The van der Waals surface area contributed by atoms with Crippen molar-refractivity contribution in [2.75, 3.05) is 10.2 Å². The van der Waals surface area contributed by atoms with Crippen molar-refractivity contribution in [1.82, 2.24) is 0 Å². The van der Waals surface area contributed by atoms with Crippen LogP contribution in [-0.4, -0.2) is 34.9 Å². The maximum absolute atomic E-state index is 13.8. The van der Waals surface area contributed by atoms with E-state index < -0.39 is 41.0 Å². The van der Waals surface area contributed by atoms with E-state index in [4.69, 9.17) is 0 Å². The summed E-state index contributed by atoms with van der Waals surface area (Å²) in [6.07, 6.45) is -11.4. The fourth-order valence-corrected chi connectivity index (χ4v) is 2.70. The fraction of sp³-hybridized carbons (Fsp3) is 0.375. The molecule has 1 amide bonds. The van der Waals surface area contributed by atoms with Crippen LogP contribution in [0.2, 0.25) is 0 Å². The Bertz CT molecular complexity index is 844. The maximum atomic E-state index is 13.8. The summed E-state index contributed by atoms with van der Waals surface area (Å²) in [7, 11) is 0. The van der Waals surface area contributed by atoms with Gasteiger partial charge in [-0.25, -0.2) is 0 Å². The normalized spacial score (nSPS) is 20.4. The largest absolute Gasteiger partial charge is 0.454 e. The number of aliphatic hydroxyl groups is 1. The monoisotopic (exact) mass is 396 g/mol. The number of hydrogen-bond donors (Lipinski definition) is 2. The van der Waals surface area contributed by atoms with E-state index in [2.05, 4.69) is 5.32 Å². The zero-order chi connectivity index (χ0) is 20.9. The Kier molecular flexibility index (Phi) is 4.81. The molecule has 2 N–H and O–H groups in total. The van der Waals surface area contributed by atoms with Crippen LogP contribution in [0, 0.1) is 13.8 Å². The number of nitrogens with zero attached hydrogens (tertiary/aromatic N) is 1. The lowest BCUT2D eigenvalue weighted by atomic mass is 9.95. The summed E-state index contributed by atoms with van der Waals surface area (Å²) in [6, 6.07) is 2.39. The van der Waals surface area contributed by atoms with E-state index >= 15 is 0 Å². The van der Waals surface area contributed by atoms with Gasteiger partial charge in [-0.3, -0.25) is 14.5 Å². The van der Waals surface area contributed by atoms with Crippen molar-refractivity contribution >= 4 is 23.1 Å². The van der Waals surface area contributed by atoms with Crippen LogP contribution >= 0.6 is 0 Å². The quantitative estimate of drug-likeness (QED) is 0.715. The number of rotatable bonds is 1. The van der Waals surface area contributed by atoms with Gasteiger partial charge in [0.1, 0.15) is 0 Å². The van der Waals surface area contributed by atoms with Gasteiger partial charge in [0.15, 0.2) is 0 Å². The first-order valence-electron chi connectivity index (χ1n) is 7.42. The molecule has 0 aliphatic carbocycles. The first kappa shape index (κ1) is 20.7. The predicted octanol–water partition coefficient (Wildman–Crippen LogP) is 3.35. The van der Waals surface area contributed by atoms with Crippen molar-refractivity contribution in [3.05, 3.63) is 35.0 Å². The van der Waals surface area contributed by atoms with Gasteiger partial charge in [0.2, 0.25) is 5.91 Å². The van der Waals surface area contributed by atoms with Gasteiger partial charge in [0, 0.05) is 13.1 Å². The van der Waals surface area contributed by atoms with Crippen molar-refractivity contribution in [2.24, 2.45) is 0 Å². The molecule has 1 aliphatic heterocycles. The first-order chi connectivity index (χ1) is 12.1. The number of aryl methyl sites for hydroxylation is 2. The Morgan fingerprint density at radius 2 is 1.59 bits per heavy atom. The molecule has 1 aliphatic rings. The molecular weight excluding hydrogens is 382 g/mol. The first-order valence-corrected chi connectivity index (χ1v) is 7.42. The molecule has 0 spiro atoms. The van der Waals surface area contributed by atoms with Crippen LogP contribution in [0.15, 0.2) is 23.9 Å². The van der Waals surface area contributed by atoms with Crippen molar-refractivity contribution in [3.63, 3.8) is 0 Å². The van der Waals surface area contributed by atoms with Crippen LogP contribution in [-0.2, 0) is 9.59 Å². The molecule has 27 heavy (non-hydrogen) atoms. The molecule has 1 aromatic carbocycles. The zero-order valence-corrected chi connectivity index (χ0v) is 14.2. The molecule has 11 heteroatoms. The second-order valence-corrected chi connectivity index (χ2v) is 6.01. The summed E-state index contributed by atoms with van der Waals surface area (Å²) in [6.45, 7) is 3.72. The van der Waals surface area contributed by atoms with Crippen molar-refractivity contribution in [3.8, 4) is 0 Å². The third kappa shape index (κ3) is 3.27. The number of nitrogens with one attached hydrogen (secondary N) is 1. The molecule has 1 unspecified atom stereocenters. The minimum absolute atomic E-state index is 0.125. The highest BCUT2D eigenvalue weighted by atomic mass is 19.4. The van der Waals surface area contributed by atoms with E-state index in [9.17, 15) is 41.0 Å². The Hall–Kier alpha value is -2.56. The van der Waals surface area contributed by atoms with Crippen LogP contribution in [0.1, 0.15) is 18.1 Å². The number of alkyl halides is 6. The van der Waals surface area contributed by atoms with Crippen LogP contribution < -0.4 is 10.2 Å². The molecule has 148 valence electrons. The van der Waals surface area contributed by atoms with Crippen LogP contribution in [0.3, 0.4) is 0 Å². The summed E-state index contributed by atoms with van der Waals surface area (Å²) >= 11 is 0. The molecule has 0 saturated carbocycles. The Labute approximate surface area is 149 Å². The molecule has 1 heterocycles. The molecule has 0 saturated heterocycles. The Morgan fingerprint density at radius 1 is 1.07 bits per heavy atom.